The molecule has 2 atom stereocenters. The van der Waals surface area contributed by atoms with Crippen molar-refractivity contribution >= 4 is 0 Å². The Morgan fingerprint density at radius 1 is 1.31 bits per heavy atom. The van der Waals surface area contributed by atoms with Gasteiger partial charge in [-0.1, -0.05) is 13.8 Å². The predicted octanol–water partition coefficient (Wildman–Crippen LogP) is 1.64. The van der Waals surface area contributed by atoms with E-state index in [4.69, 9.17) is 10.5 Å². The summed E-state index contributed by atoms with van der Waals surface area (Å²) in [5.74, 6) is 2.54. The summed E-state index contributed by atoms with van der Waals surface area (Å²) in [6.45, 7) is 7.54. The van der Waals surface area contributed by atoms with Crippen molar-refractivity contribution in [3.8, 4) is 0 Å². The van der Waals surface area contributed by atoms with Crippen LogP contribution in [-0.2, 0) is 4.74 Å². The molecule has 0 spiro atoms. The lowest BCUT2D eigenvalue weighted by atomic mass is 9.90. The zero-order valence-electron chi connectivity index (χ0n) is 8.75. The maximum atomic E-state index is 5.78. The molecule has 1 saturated heterocycles. The summed E-state index contributed by atoms with van der Waals surface area (Å²) in [7, 11) is 0. The lowest BCUT2D eigenvalue weighted by Crippen LogP contribution is -2.19. The first kappa shape index (κ1) is 9.47. The Morgan fingerprint density at radius 2 is 1.92 bits per heavy atom. The van der Waals surface area contributed by atoms with Crippen LogP contribution in [0.25, 0.3) is 0 Å². The molecule has 0 amide bonds. The molecule has 0 unspecified atom stereocenters. The fourth-order valence-corrected chi connectivity index (χ4v) is 3.25. The van der Waals surface area contributed by atoms with Crippen LogP contribution in [0.2, 0.25) is 0 Å². The minimum Gasteiger partial charge on any atom is -0.381 e. The molecule has 0 radical (unpaired) electrons. The lowest BCUT2D eigenvalue weighted by molar-refractivity contribution is 0.0551. The molecular formula is C11H21NO. The zero-order valence-corrected chi connectivity index (χ0v) is 8.75. The summed E-state index contributed by atoms with van der Waals surface area (Å²) in [4.78, 5) is 0. The molecule has 2 aliphatic rings. The predicted molar refractivity (Wildman–Crippen MR) is 53.4 cm³/mol. The van der Waals surface area contributed by atoms with Gasteiger partial charge in [-0.25, -0.2) is 0 Å². The third-order valence-corrected chi connectivity index (χ3v) is 4.17. The van der Waals surface area contributed by atoms with E-state index >= 15 is 0 Å². The van der Waals surface area contributed by atoms with Gasteiger partial charge in [-0.15, -0.1) is 0 Å². The molecule has 0 aromatic rings. The van der Waals surface area contributed by atoms with E-state index < -0.39 is 0 Å². The Balaban J connectivity index is 1.94. The van der Waals surface area contributed by atoms with Crippen LogP contribution in [0.15, 0.2) is 0 Å². The molecule has 2 heteroatoms. The maximum Gasteiger partial charge on any atom is 0.0468 e. The fourth-order valence-electron chi connectivity index (χ4n) is 3.25. The molecule has 2 nitrogen and oxygen atoms in total. The number of hydrogen-bond acceptors (Lipinski definition) is 2. The molecule has 13 heavy (non-hydrogen) atoms. The molecule has 1 aliphatic heterocycles. The van der Waals surface area contributed by atoms with Gasteiger partial charge < -0.3 is 10.5 Å². The van der Waals surface area contributed by atoms with E-state index in [0.717, 1.165) is 37.5 Å². The van der Waals surface area contributed by atoms with Crippen molar-refractivity contribution in [1.29, 1.82) is 0 Å². The van der Waals surface area contributed by atoms with Crippen LogP contribution in [-0.4, -0.2) is 19.8 Å². The van der Waals surface area contributed by atoms with Crippen LogP contribution in [0.1, 0.15) is 26.7 Å². The van der Waals surface area contributed by atoms with Crippen LogP contribution in [0.4, 0.5) is 0 Å². The highest BCUT2D eigenvalue weighted by molar-refractivity contribution is 5.07. The Bertz CT molecular complexity index is 185. The van der Waals surface area contributed by atoms with Gasteiger partial charge in [-0.2, -0.15) is 0 Å². The topological polar surface area (TPSA) is 35.2 Å². The number of rotatable bonds is 2. The van der Waals surface area contributed by atoms with Crippen LogP contribution in [0.5, 0.6) is 0 Å². The monoisotopic (exact) mass is 183 g/mol. The van der Waals surface area contributed by atoms with Gasteiger partial charge >= 0.3 is 0 Å². The normalized spacial score (nSPS) is 39.0. The highest BCUT2D eigenvalue weighted by atomic mass is 16.5. The summed E-state index contributed by atoms with van der Waals surface area (Å²) in [5, 5.41) is 0. The Hall–Kier alpha value is -0.0800. The molecule has 0 aromatic heterocycles. The molecule has 2 fully saturated rings. The number of hydrogen-bond donors (Lipinski definition) is 1. The third kappa shape index (κ3) is 1.50. The van der Waals surface area contributed by atoms with Crippen LogP contribution in [0, 0.1) is 23.2 Å². The minimum atomic E-state index is 0.511. The Kier molecular flexibility index (Phi) is 2.37. The first-order valence-electron chi connectivity index (χ1n) is 5.45. The number of ether oxygens (including phenoxy) is 1. The standard InChI is InChI=1S/C11H21NO/c1-11(2)9(7-12)10(11)8-3-5-13-6-4-8/h8-10H,3-7,12H2,1-2H3/t9-,10-/m0/s1. The second kappa shape index (κ2) is 3.25. The highest BCUT2D eigenvalue weighted by Gasteiger charge is 2.59. The molecule has 1 heterocycles. The van der Waals surface area contributed by atoms with E-state index in [1.165, 1.54) is 12.8 Å². The summed E-state index contributed by atoms with van der Waals surface area (Å²) in [6, 6.07) is 0. The summed E-state index contributed by atoms with van der Waals surface area (Å²) < 4.78 is 5.38. The first-order valence-corrected chi connectivity index (χ1v) is 5.45. The minimum absolute atomic E-state index is 0.511. The van der Waals surface area contributed by atoms with Gasteiger partial charge in [-0.05, 0) is 42.6 Å². The molecule has 0 aromatic carbocycles. The SMILES string of the molecule is CC1(C)[C@@H](CN)[C@@H]1C1CCOCC1. The van der Waals surface area contributed by atoms with E-state index in [0.29, 0.717) is 5.41 Å². The summed E-state index contributed by atoms with van der Waals surface area (Å²) >= 11 is 0. The van der Waals surface area contributed by atoms with Gasteiger partial charge in [0.05, 0.1) is 0 Å². The van der Waals surface area contributed by atoms with E-state index in [9.17, 15) is 0 Å². The average molecular weight is 183 g/mol. The van der Waals surface area contributed by atoms with E-state index in [1.54, 1.807) is 0 Å². The summed E-state index contributed by atoms with van der Waals surface area (Å²) in [6.07, 6.45) is 2.51. The molecule has 76 valence electrons. The van der Waals surface area contributed by atoms with Gasteiger partial charge in [0.2, 0.25) is 0 Å². The lowest BCUT2D eigenvalue weighted by Gasteiger charge is -2.23. The fraction of sp³-hybridized carbons (Fsp3) is 1.00. The molecule has 1 saturated carbocycles. The van der Waals surface area contributed by atoms with Crippen molar-refractivity contribution in [1.82, 2.24) is 0 Å². The van der Waals surface area contributed by atoms with Crippen molar-refractivity contribution < 1.29 is 4.74 Å². The van der Waals surface area contributed by atoms with Crippen molar-refractivity contribution in [3.63, 3.8) is 0 Å². The Labute approximate surface area is 80.8 Å². The largest absolute Gasteiger partial charge is 0.381 e. The van der Waals surface area contributed by atoms with Gasteiger partial charge in [0, 0.05) is 13.2 Å². The second-order valence-electron chi connectivity index (χ2n) is 5.14. The van der Waals surface area contributed by atoms with Crippen molar-refractivity contribution in [2.75, 3.05) is 19.8 Å². The van der Waals surface area contributed by atoms with Crippen LogP contribution >= 0.6 is 0 Å². The van der Waals surface area contributed by atoms with Gasteiger partial charge in [0.15, 0.2) is 0 Å². The maximum absolute atomic E-state index is 5.78. The number of nitrogens with two attached hydrogens (primary N) is 1. The van der Waals surface area contributed by atoms with Crippen molar-refractivity contribution in [2.45, 2.75) is 26.7 Å². The van der Waals surface area contributed by atoms with Crippen molar-refractivity contribution in [3.05, 3.63) is 0 Å². The smallest absolute Gasteiger partial charge is 0.0468 e. The first-order chi connectivity index (χ1) is 6.18. The molecule has 2 rings (SSSR count). The zero-order chi connectivity index (χ0) is 9.47. The molecular weight excluding hydrogens is 162 g/mol. The quantitative estimate of drug-likeness (QED) is 0.706. The van der Waals surface area contributed by atoms with Gasteiger partial charge in [0.25, 0.3) is 0 Å². The van der Waals surface area contributed by atoms with Crippen LogP contribution < -0.4 is 5.73 Å². The average Bonchev–Trinajstić information content (AvgIpc) is 2.69. The molecule has 0 bridgehead atoms. The van der Waals surface area contributed by atoms with E-state index in [1.807, 2.05) is 0 Å². The molecule has 1 aliphatic carbocycles. The van der Waals surface area contributed by atoms with Gasteiger partial charge in [-0.3, -0.25) is 0 Å². The second-order valence-corrected chi connectivity index (χ2v) is 5.14. The van der Waals surface area contributed by atoms with Crippen molar-refractivity contribution in [2.24, 2.45) is 28.9 Å². The van der Waals surface area contributed by atoms with Gasteiger partial charge in [0.1, 0.15) is 0 Å². The summed E-state index contributed by atoms with van der Waals surface area (Å²) in [5.41, 5.74) is 6.29. The van der Waals surface area contributed by atoms with E-state index in [2.05, 4.69) is 13.8 Å². The molecule has 2 N–H and O–H groups in total. The van der Waals surface area contributed by atoms with E-state index in [-0.39, 0.29) is 0 Å². The third-order valence-electron chi connectivity index (χ3n) is 4.17. The van der Waals surface area contributed by atoms with Crippen LogP contribution in [0.3, 0.4) is 0 Å². The Morgan fingerprint density at radius 3 is 2.38 bits per heavy atom. The highest BCUT2D eigenvalue weighted by Crippen LogP contribution is 2.62.